The smallest absolute Gasteiger partial charge is 0.417 e. The number of pyridine rings is 1. The van der Waals surface area contributed by atoms with Crippen molar-refractivity contribution in [3.63, 3.8) is 0 Å². The molecule has 1 rings (SSSR count). The van der Waals surface area contributed by atoms with Gasteiger partial charge < -0.3 is 4.74 Å². The second-order valence-electron chi connectivity index (χ2n) is 3.57. The van der Waals surface area contributed by atoms with Crippen molar-refractivity contribution in [1.82, 2.24) is 4.98 Å². The summed E-state index contributed by atoms with van der Waals surface area (Å²) in [6.45, 7) is 3.11. The molecule has 1 aromatic heterocycles. The lowest BCUT2D eigenvalue weighted by atomic mass is 10.3. The molecule has 1 aromatic rings. The largest absolute Gasteiger partial charge is 0.465 e. The molecule has 0 saturated carbocycles. The van der Waals surface area contributed by atoms with Crippen molar-refractivity contribution in [2.45, 2.75) is 30.3 Å². The third-order valence-corrected chi connectivity index (χ3v) is 3.70. The molecule has 0 spiro atoms. The molecular formula is C11H12F3NO3S. The molecule has 0 saturated heterocycles. The van der Waals surface area contributed by atoms with E-state index in [4.69, 9.17) is 0 Å². The molecule has 19 heavy (non-hydrogen) atoms. The fraction of sp³-hybridized carbons (Fsp3) is 0.455. The van der Waals surface area contributed by atoms with E-state index in [1.54, 1.807) is 6.92 Å². The normalized spacial score (nSPS) is 14.8. The standard InChI is InChI=1S/C11H12F3NO3S/c1-3-18-10(16)7(2)19(17)9-5-4-8(6-15-9)11(12,13)14/h4-7H,3H2,1-2H3/t7-,19+/m0/s1. The van der Waals surface area contributed by atoms with Gasteiger partial charge in [-0.25, -0.2) is 4.98 Å². The molecule has 0 unspecified atom stereocenters. The first-order valence-corrected chi connectivity index (χ1v) is 6.59. The Balaban J connectivity index is 2.87. The van der Waals surface area contributed by atoms with Gasteiger partial charge in [0.15, 0.2) is 0 Å². The van der Waals surface area contributed by atoms with Gasteiger partial charge in [-0.05, 0) is 26.0 Å². The van der Waals surface area contributed by atoms with Gasteiger partial charge in [-0.2, -0.15) is 13.2 Å². The van der Waals surface area contributed by atoms with Crippen LogP contribution in [0.2, 0.25) is 0 Å². The third kappa shape index (κ3) is 4.02. The Morgan fingerprint density at radius 3 is 2.53 bits per heavy atom. The predicted molar refractivity (Wildman–Crippen MR) is 61.7 cm³/mol. The monoisotopic (exact) mass is 295 g/mol. The summed E-state index contributed by atoms with van der Waals surface area (Å²) in [6, 6.07) is 1.77. The highest BCUT2D eigenvalue weighted by Gasteiger charge is 2.31. The molecule has 0 aliphatic rings. The molecule has 2 atom stereocenters. The molecule has 0 aliphatic carbocycles. The van der Waals surface area contributed by atoms with Crippen LogP contribution in [-0.4, -0.2) is 27.0 Å². The van der Waals surface area contributed by atoms with Gasteiger partial charge in [-0.15, -0.1) is 0 Å². The molecule has 0 fully saturated rings. The lowest BCUT2D eigenvalue weighted by Gasteiger charge is -2.10. The van der Waals surface area contributed by atoms with Gasteiger partial charge in [-0.1, -0.05) is 0 Å². The average Bonchev–Trinajstić information content (AvgIpc) is 2.36. The molecule has 0 aliphatic heterocycles. The summed E-state index contributed by atoms with van der Waals surface area (Å²) < 4.78 is 53.5. The van der Waals surface area contributed by atoms with E-state index >= 15 is 0 Å². The number of hydrogen-bond acceptors (Lipinski definition) is 4. The Labute approximate surface area is 110 Å². The highest BCUT2D eigenvalue weighted by Crippen LogP contribution is 2.28. The van der Waals surface area contributed by atoms with Gasteiger partial charge in [0.2, 0.25) is 0 Å². The molecular weight excluding hydrogens is 283 g/mol. The Morgan fingerprint density at radius 2 is 2.11 bits per heavy atom. The van der Waals surface area contributed by atoms with E-state index in [2.05, 4.69) is 9.72 Å². The van der Waals surface area contributed by atoms with Crippen LogP contribution in [-0.2, 0) is 26.5 Å². The lowest BCUT2D eigenvalue weighted by Crippen LogP contribution is -2.25. The van der Waals surface area contributed by atoms with Crippen LogP contribution in [0.15, 0.2) is 23.4 Å². The van der Waals surface area contributed by atoms with Gasteiger partial charge >= 0.3 is 12.1 Å². The first kappa shape index (κ1) is 15.6. The molecule has 1 heterocycles. The topological polar surface area (TPSA) is 56.3 Å². The minimum atomic E-state index is -4.50. The van der Waals surface area contributed by atoms with E-state index in [1.165, 1.54) is 6.92 Å². The zero-order valence-corrected chi connectivity index (χ0v) is 11.0. The number of rotatable bonds is 4. The van der Waals surface area contributed by atoms with Crippen LogP contribution in [0, 0.1) is 0 Å². The summed E-state index contributed by atoms with van der Waals surface area (Å²) in [5.74, 6) is -0.678. The van der Waals surface area contributed by atoms with E-state index in [0.717, 1.165) is 12.1 Å². The zero-order chi connectivity index (χ0) is 14.6. The molecule has 106 valence electrons. The number of nitrogens with zero attached hydrogens (tertiary/aromatic N) is 1. The van der Waals surface area contributed by atoms with Crippen LogP contribution in [0.3, 0.4) is 0 Å². The average molecular weight is 295 g/mol. The first-order chi connectivity index (χ1) is 8.77. The summed E-state index contributed by atoms with van der Waals surface area (Å²) >= 11 is 0. The molecule has 4 nitrogen and oxygen atoms in total. The van der Waals surface area contributed by atoms with Crippen LogP contribution in [0.4, 0.5) is 13.2 Å². The number of ether oxygens (including phenoxy) is 1. The molecule has 0 N–H and O–H groups in total. The molecule has 0 amide bonds. The summed E-state index contributed by atoms with van der Waals surface area (Å²) in [7, 11) is -1.85. The van der Waals surface area contributed by atoms with E-state index < -0.39 is 33.8 Å². The zero-order valence-electron chi connectivity index (χ0n) is 10.2. The second-order valence-corrected chi connectivity index (χ2v) is 5.29. The summed E-state index contributed by atoms with van der Waals surface area (Å²) in [6.07, 6.45) is -3.91. The van der Waals surface area contributed by atoms with E-state index in [1.807, 2.05) is 0 Å². The maximum atomic E-state index is 12.3. The highest BCUT2D eigenvalue weighted by atomic mass is 32.2. The number of carbonyl (C=O) groups excluding carboxylic acids is 1. The van der Waals surface area contributed by atoms with Crippen molar-refractivity contribution >= 4 is 16.8 Å². The molecule has 0 bridgehead atoms. The van der Waals surface area contributed by atoms with Crippen LogP contribution in [0.1, 0.15) is 19.4 Å². The fourth-order valence-electron chi connectivity index (χ4n) is 1.20. The Hall–Kier alpha value is -1.44. The number of halogens is 3. The van der Waals surface area contributed by atoms with Crippen LogP contribution in [0.25, 0.3) is 0 Å². The molecule has 0 aromatic carbocycles. The summed E-state index contributed by atoms with van der Waals surface area (Å²) in [5, 5.41) is -1.07. The number of esters is 1. The summed E-state index contributed by atoms with van der Waals surface area (Å²) in [4.78, 5) is 14.8. The van der Waals surface area contributed by atoms with Gasteiger partial charge in [0.25, 0.3) is 0 Å². The number of aromatic nitrogens is 1. The van der Waals surface area contributed by atoms with Crippen molar-refractivity contribution in [3.8, 4) is 0 Å². The third-order valence-electron chi connectivity index (χ3n) is 2.21. The number of hydrogen-bond donors (Lipinski definition) is 0. The Kier molecular flexibility index (Phi) is 5.04. The van der Waals surface area contributed by atoms with Crippen molar-refractivity contribution in [3.05, 3.63) is 23.9 Å². The predicted octanol–water partition coefficient (Wildman–Crippen LogP) is 2.16. The highest BCUT2D eigenvalue weighted by molar-refractivity contribution is 7.86. The van der Waals surface area contributed by atoms with E-state index in [-0.39, 0.29) is 11.6 Å². The van der Waals surface area contributed by atoms with Gasteiger partial charge in [0.05, 0.1) is 23.0 Å². The maximum absolute atomic E-state index is 12.3. The van der Waals surface area contributed by atoms with Crippen LogP contribution < -0.4 is 0 Å². The Morgan fingerprint density at radius 1 is 1.47 bits per heavy atom. The second kappa shape index (κ2) is 6.14. The minimum absolute atomic E-state index is 0.0893. The van der Waals surface area contributed by atoms with Gasteiger partial charge in [0.1, 0.15) is 10.3 Å². The molecule has 0 radical (unpaired) electrons. The van der Waals surface area contributed by atoms with Crippen molar-refractivity contribution < 1.29 is 26.9 Å². The van der Waals surface area contributed by atoms with Crippen molar-refractivity contribution in [2.24, 2.45) is 0 Å². The first-order valence-electron chi connectivity index (χ1n) is 5.37. The lowest BCUT2D eigenvalue weighted by molar-refractivity contribution is -0.142. The maximum Gasteiger partial charge on any atom is 0.417 e. The van der Waals surface area contributed by atoms with Gasteiger partial charge in [0, 0.05) is 6.20 Å². The quantitative estimate of drug-likeness (QED) is 0.799. The number of alkyl halides is 3. The SMILES string of the molecule is CCOC(=O)[C@H](C)[S@@](=O)c1ccc(C(F)(F)F)cn1. The minimum Gasteiger partial charge on any atom is -0.465 e. The van der Waals surface area contributed by atoms with Gasteiger partial charge in [-0.3, -0.25) is 9.00 Å². The van der Waals surface area contributed by atoms with E-state index in [9.17, 15) is 22.2 Å². The molecule has 8 heteroatoms. The van der Waals surface area contributed by atoms with Crippen LogP contribution >= 0.6 is 0 Å². The van der Waals surface area contributed by atoms with E-state index in [0.29, 0.717) is 6.20 Å². The van der Waals surface area contributed by atoms with Crippen molar-refractivity contribution in [1.29, 1.82) is 0 Å². The number of carbonyl (C=O) groups is 1. The fourth-order valence-corrected chi connectivity index (χ4v) is 2.16. The Bertz CT molecular complexity index is 473. The van der Waals surface area contributed by atoms with Crippen molar-refractivity contribution in [2.75, 3.05) is 6.61 Å². The summed E-state index contributed by atoms with van der Waals surface area (Å²) in [5.41, 5.74) is -0.933. The van der Waals surface area contributed by atoms with Crippen LogP contribution in [0.5, 0.6) is 0 Å².